The number of carbonyl (C=O) groups is 3. The summed E-state index contributed by atoms with van der Waals surface area (Å²) in [5, 5.41) is 11.6. The largest absolute Gasteiger partial charge is 0.494 e. The molecule has 0 fully saturated rings. The van der Waals surface area contributed by atoms with Crippen LogP contribution in [0.25, 0.3) is 0 Å². The Kier molecular flexibility index (Phi) is 6.91. The van der Waals surface area contributed by atoms with E-state index in [1.807, 2.05) is 0 Å². The smallest absolute Gasteiger partial charge is 0.307 e. The molecule has 2 N–H and O–H groups in total. The highest BCUT2D eigenvalue weighted by Crippen LogP contribution is 2.14. The average Bonchev–Trinajstić information content (AvgIpc) is 2.59. The van der Waals surface area contributed by atoms with Crippen molar-refractivity contribution in [3.8, 4) is 5.75 Å². The van der Waals surface area contributed by atoms with Gasteiger partial charge in [0.15, 0.2) is 5.78 Å². The minimum Gasteiger partial charge on any atom is -0.494 e. The van der Waals surface area contributed by atoms with E-state index in [9.17, 15) is 14.4 Å². The SMILES string of the molecule is CC(=O)c1ccc(OCCCC(=O)Nc2cccc(CC(=O)O)c2)cc1. The van der Waals surface area contributed by atoms with E-state index < -0.39 is 5.97 Å². The van der Waals surface area contributed by atoms with Crippen LogP contribution in [0.15, 0.2) is 48.5 Å². The fourth-order valence-electron chi connectivity index (χ4n) is 2.37. The van der Waals surface area contributed by atoms with Crippen LogP contribution in [0.5, 0.6) is 5.75 Å². The second-order valence-electron chi connectivity index (χ2n) is 5.85. The third-order valence-corrected chi connectivity index (χ3v) is 3.64. The predicted molar refractivity (Wildman–Crippen MR) is 97.6 cm³/mol. The maximum Gasteiger partial charge on any atom is 0.307 e. The Morgan fingerprint density at radius 2 is 1.81 bits per heavy atom. The van der Waals surface area contributed by atoms with Crippen LogP contribution in [0.3, 0.4) is 0 Å². The summed E-state index contributed by atoms with van der Waals surface area (Å²) in [4.78, 5) is 33.9. The summed E-state index contributed by atoms with van der Waals surface area (Å²) in [6, 6.07) is 13.6. The van der Waals surface area contributed by atoms with Gasteiger partial charge in [0.1, 0.15) is 5.75 Å². The van der Waals surface area contributed by atoms with E-state index in [0.717, 1.165) is 0 Å². The van der Waals surface area contributed by atoms with E-state index in [1.54, 1.807) is 48.5 Å². The highest BCUT2D eigenvalue weighted by atomic mass is 16.5. The fraction of sp³-hybridized carbons (Fsp3) is 0.250. The highest BCUT2D eigenvalue weighted by Gasteiger charge is 2.06. The lowest BCUT2D eigenvalue weighted by Crippen LogP contribution is -2.13. The first-order valence-corrected chi connectivity index (χ1v) is 8.28. The number of carboxylic acids is 1. The van der Waals surface area contributed by atoms with Crippen LogP contribution in [0.2, 0.25) is 0 Å². The number of carbonyl (C=O) groups excluding carboxylic acids is 2. The van der Waals surface area contributed by atoms with Crippen molar-refractivity contribution in [2.75, 3.05) is 11.9 Å². The first-order chi connectivity index (χ1) is 12.4. The van der Waals surface area contributed by atoms with Gasteiger partial charge < -0.3 is 15.2 Å². The molecule has 0 radical (unpaired) electrons. The van der Waals surface area contributed by atoms with E-state index in [4.69, 9.17) is 9.84 Å². The number of amides is 1. The zero-order chi connectivity index (χ0) is 18.9. The van der Waals surface area contributed by atoms with Gasteiger partial charge in [-0.25, -0.2) is 0 Å². The van der Waals surface area contributed by atoms with Crippen LogP contribution in [0.4, 0.5) is 5.69 Å². The molecule has 0 spiro atoms. The Bertz CT molecular complexity index is 783. The van der Waals surface area contributed by atoms with Gasteiger partial charge in [-0.3, -0.25) is 14.4 Å². The van der Waals surface area contributed by atoms with E-state index in [-0.39, 0.29) is 24.5 Å². The molecule has 0 atom stereocenters. The number of anilines is 1. The summed E-state index contributed by atoms with van der Waals surface area (Å²) in [5.74, 6) is -0.424. The zero-order valence-electron chi connectivity index (χ0n) is 14.5. The van der Waals surface area contributed by atoms with Gasteiger partial charge in [-0.2, -0.15) is 0 Å². The quantitative estimate of drug-likeness (QED) is 0.532. The van der Waals surface area contributed by atoms with Crippen molar-refractivity contribution in [3.05, 3.63) is 59.7 Å². The number of hydrogen-bond donors (Lipinski definition) is 2. The van der Waals surface area contributed by atoms with Crippen LogP contribution in [-0.4, -0.2) is 29.4 Å². The highest BCUT2D eigenvalue weighted by molar-refractivity contribution is 5.94. The Labute approximate surface area is 151 Å². The van der Waals surface area contributed by atoms with Gasteiger partial charge in [0, 0.05) is 17.7 Å². The average molecular weight is 355 g/mol. The molecule has 6 nitrogen and oxygen atoms in total. The molecule has 2 rings (SSSR count). The molecule has 0 aromatic heterocycles. The Morgan fingerprint density at radius 3 is 2.46 bits per heavy atom. The van der Waals surface area contributed by atoms with Crippen LogP contribution in [0.1, 0.15) is 35.7 Å². The van der Waals surface area contributed by atoms with Gasteiger partial charge in [0.05, 0.1) is 13.0 Å². The first kappa shape index (κ1) is 19.2. The maximum atomic E-state index is 12.0. The Morgan fingerprint density at radius 1 is 1.08 bits per heavy atom. The third kappa shape index (κ3) is 6.39. The number of rotatable bonds is 9. The third-order valence-electron chi connectivity index (χ3n) is 3.64. The van der Waals surface area contributed by atoms with E-state index in [1.165, 1.54) is 6.92 Å². The molecule has 0 saturated heterocycles. The van der Waals surface area contributed by atoms with Crippen molar-refractivity contribution < 1.29 is 24.2 Å². The minimum atomic E-state index is -0.915. The summed E-state index contributed by atoms with van der Waals surface area (Å²) < 4.78 is 5.55. The molecule has 26 heavy (non-hydrogen) atoms. The van der Waals surface area contributed by atoms with E-state index in [2.05, 4.69) is 5.32 Å². The molecule has 0 saturated carbocycles. The second kappa shape index (κ2) is 9.36. The number of Topliss-reactive ketones (excluding diaryl/α,β-unsaturated/α-hetero) is 1. The number of nitrogens with one attached hydrogen (secondary N) is 1. The minimum absolute atomic E-state index is 0.000597. The fourth-order valence-corrected chi connectivity index (χ4v) is 2.37. The zero-order valence-corrected chi connectivity index (χ0v) is 14.5. The number of hydrogen-bond acceptors (Lipinski definition) is 4. The summed E-state index contributed by atoms with van der Waals surface area (Å²) >= 11 is 0. The second-order valence-corrected chi connectivity index (χ2v) is 5.85. The summed E-state index contributed by atoms with van der Waals surface area (Å²) in [6.45, 7) is 1.89. The van der Waals surface area contributed by atoms with Gasteiger partial charge in [-0.15, -0.1) is 0 Å². The van der Waals surface area contributed by atoms with Gasteiger partial charge in [-0.05, 0) is 55.3 Å². The molecule has 0 aliphatic rings. The number of carboxylic acid groups (broad SMARTS) is 1. The lowest BCUT2D eigenvalue weighted by molar-refractivity contribution is -0.136. The molecule has 0 aliphatic heterocycles. The predicted octanol–water partition coefficient (Wildman–Crippen LogP) is 3.31. The van der Waals surface area contributed by atoms with Gasteiger partial charge in [0.2, 0.25) is 5.91 Å². The first-order valence-electron chi connectivity index (χ1n) is 8.28. The summed E-state index contributed by atoms with van der Waals surface area (Å²) in [7, 11) is 0. The lowest BCUT2D eigenvalue weighted by atomic mass is 10.1. The van der Waals surface area contributed by atoms with Crippen LogP contribution in [-0.2, 0) is 16.0 Å². The van der Waals surface area contributed by atoms with Crippen molar-refractivity contribution in [2.24, 2.45) is 0 Å². The molecule has 0 heterocycles. The van der Waals surface area contributed by atoms with Crippen molar-refractivity contribution >= 4 is 23.3 Å². The molecule has 0 aliphatic carbocycles. The van der Waals surface area contributed by atoms with Crippen molar-refractivity contribution in [1.29, 1.82) is 0 Å². The van der Waals surface area contributed by atoms with Crippen LogP contribution in [0, 0.1) is 0 Å². The molecule has 2 aromatic carbocycles. The molecular formula is C20H21NO5. The van der Waals surface area contributed by atoms with Crippen LogP contribution < -0.4 is 10.1 Å². The van der Waals surface area contributed by atoms with Gasteiger partial charge in [-0.1, -0.05) is 12.1 Å². The molecular weight excluding hydrogens is 334 g/mol. The molecule has 0 unspecified atom stereocenters. The number of ether oxygens (including phenoxy) is 1. The van der Waals surface area contributed by atoms with Crippen molar-refractivity contribution in [2.45, 2.75) is 26.2 Å². The van der Waals surface area contributed by atoms with Crippen LogP contribution >= 0.6 is 0 Å². The standard InChI is InChI=1S/C20H21NO5/c1-14(22)16-7-9-18(10-8-16)26-11-3-6-19(23)21-17-5-2-4-15(12-17)13-20(24)25/h2,4-5,7-10,12H,3,6,11,13H2,1H3,(H,21,23)(H,24,25). The molecule has 6 heteroatoms. The number of aliphatic carboxylic acids is 1. The molecule has 2 aromatic rings. The maximum absolute atomic E-state index is 12.0. The molecule has 1 amide bonds. The monoisotopic (exact) mass is 355 g/mol. The Hall–Kier alpha value is -3.15. The summed E-state index contributed by atoms with van der Waals surface area (Å²) in [5.41, 5.74) is 1.84. The molecule has 0 bridgehead atoms. The van der Waals surface area contributed by atoms with E-state index >= 15 is 0 Å². The normalized spacial score (nSPS) is 10.2. The Balaban J connectivity index is 1.73. The van der Waals surface area contributed by atoms with E-state index in [0.29, 0.717) is 35.6 Å². The van der Waals surface area contributed by atoms with Crippen molar-refractivity contribution in [3.63, 3.8) is 0 Å². The van der Waals surface area contributed by atoms with Crippen molar-refractivity contribution in [1.82, 2.24) is 0 Å². The number of benzene rings is 2. The molecule has 136 valence electrons. The van der Waals surface area contributed by atoms with Gasteiger partial charge in [0.25, 0.3) is 0 Å². The number of ketones is 1. The summed E-state index contributed by atoms with van der Waals surface area (Å²) in [6.07, 6.45) is 0.740. The lowest BCUT2D eigenvalue weighted by Gasteiger charge is -2.08. The topological polar surface area (TPSA) is 92.7 Å². The van der Waals surface area contributed by atoms with Gasteiger partial charge >= 0.3 is 5.97 Å².